The van der Waals surface area contributed by atoms with E-state index in [9.17, 15) is 31.5 Å². The van der Waals surface area contributed by atoms with E-state index < -0.39 is 41.7 Å². The van der Waals surface area contributed by atoms with Crippen LogP contribution >= 0.6 is 0 Å². The molecule has 2 aromatic rings. The van der Waals surface area contributed by atoms with Crippen molar-refractivity contribution in [2.24, 2.45) is 0 Å². The zero-order valence-electron chi connectivity index (χ0n) is 15.6. The molecule has 1 fully saturated rings. The standard InChI is InChI=1S/C18H18F5N5O2/c19-12-8-26(9-13(12)20)16(29)14-2-1-3-15-25-27(17(30)28(14)15)7-10-4-11(6-24-5-10)18(21,22)23/h4-6,12-14H,1-3,7-9H2/t12-,13+,14-/m0/s1. The molecule has 0 saturated carbocycles. The number of nitrogens with zero attached hydrogens (tertiary/aromatic N) is 5. The van der Waals surface area contributed by atoms with Crippen molar-refractivity contribution in [1.82, 2.24) is 24.2 Å². The van der Waals surface area contributed by atoms with Gasteiger partial charge in [0.1, 0.15) is 11.9 Å². The molecule has 0 N–H and O–H groups in total. The van der Waals surface area contributed by atoms with Gasteiger partial charge in [-0.15, -0.1) is 0 Å². The van der Waals surface area contributed by atoms with Gasteiger partial charge in [-0.25, -0.2) is 18.3 Å². The van der Waals surface area contributed by atoms with Crippen molar-refractivity contribution in [3.63, 3.8) is 0 Å². The molecule has 0 unspecified atom stereocenters. The Balaban J connectivity index is 1.61. The summed E-state index contributed by atoms with van der Waals surface area (Å²) in [4.78, 5) is 30.3. The van der Waals surface area contributed by atoms with Crippen molar-refractivity contribution >= 4 is 5.91 Å². The second kappa shape index (κ2) is 7.47. The van der Waals surface area contributed by atoms with Gasteiger partial charge in [0, 0.05) is 18.8 Å². The van der Waals surface area contributed by atoms with Gasteiger partial charge in [0.2, 0.25) is 5.91 Å². The lowest BCUT2D eigenvalue weighted by molar-refractivity contribution is -0.138. The molecule has 12 heteroatoms. The van der Waals surface area contributed by atoms with Crippen LogP contribution in [0.5, 0.6) is 0 Å². The van der Waals surface area contributed by atoms with Crippen LogP contribution in [-0.4, -0.2) is 55.6 Å². The number of carbonyl (C=O) groups is 1. The number of aryl methyl sites for hydroxylation is 1. The lowest BCUT2D eigenvalue weighted by atomic mass is 10.0. The van der Waals surface area contributed by atoms with Crippen LogP contribution in [0.3, 0.4) is 0 Å². The van der Waals surface area contributed by atoms with E-state index in [4.69, 9.17) is 0 Å². The van der Waals surface area contributed by atoms with Crippen LogP contribution in [0.2, 0.25) is 0 Å². The molecule has 0 spiro atoms. The smallest absolute Gasteiger partial charge is 0.335 e. The number of likely N-dealkylation sites (tertiary alicyclic amines) is 1. The molecule has 0 aromatic carbocycles. The number of hydrogen-bond acceptors (Lipinski definition) is 4. The number of carbonyl (C=O) groups excluding carboxylic acids is 1. The number of halogens is 5. The van der Waals surface area contributed by atoms with Crippen LogP contribution in [0.4, 0.5) is 22.0 Å². The molecule has 2 aliphatic heterocycles. The van der Waals surface area contributed by atoms with Gasteiger partial charge < -0.3 is 4.90 Å². The SMILES string of the molecule is O=C([C@@H]1CCCc2nn(Cc3cncc(C(F)(F)F)c3)c(=O)n21)N1C[C@@H](F)[C@@H](F)C1. The summed E-state index contributed by atoms with van der Waals surface area (Å²) < 4.78 is 67.8. The summed E-state index contributed by atoms with van der Waals surface area (Å²) in [5, 5.41) is 4.17. The lowest BCUT2D eigenvalue weighted by Gasteiger charge is -2.26. The average Bonchev–Trinajstić information content (AvgIpc) is 3.20. The first-order chi connectivity index (χ1) is 14.1. The number of rotatable bonds is 3. The van der Waals surface area contributed by atoms with Crippen molar-refractivity contribution in [2.45, 2.75) is 50.4 Å². The molecule has 1 saturated heterocycles. The summed E-state index contributed by atoms with van der Waals surface area (Å²) in [7, 11) is 0. The third kappa shape index (κ3) is 3.70. The highest BCUT2D eigenvalue weighted by Crippen LogP contribution is 2.29. The number of alkyl halides is 5. The predicted molar refractivity (Wildman–Crippen MR) is 93.2 cm³/mol. The molecule has 7 nitrogen and oxygen atoms in total. The monoisotopic (exact) mass is 431 g/mol. The van der Waals surface area contributed by atoms with E-state index in [1.54, 1.807) is 0 Å². The van der Waals surface area contributed by atoms with Gasteiger partial charge in [-0.3, -0.25) is 14.3 Å². The van der Waals surface area contributed by atoms with Crippen molar-refractivity contribution in [3.05, 3.63) is 45.9 Å². The van der Waals surface area contributed by atoms with Crippen LogP contribution < -0.4 is 5.69 Å². The minimum Gasteiger partial charge on any atom is -0.335 e. The highest BCUT2D eigenvalue weighted by Gasteiger charge is 2.40. The minimum atomic E-state index is -4.57. The van der Waals surface area contributed by atoms with Crippen LogP contribution in [0, 0.1) is 0 Å². The van der Waals surface area contributed by atoms with E-state index in [-0.39, 0.29) is 25.2 Å². The average molecular weight is 431 g/mol. The minimum absolute atomic E-state index is 0.130. The normalized spacial score (nSPS) is 24.2. The highest BCUT2D eigenvalue weighted by molar-refractivity contribution is 5.81. The molecule has 2 aliphatic rings. The van der Waals surface area contributed by atoms with E-state index in [2.05, 4.69) is 10.1 Å². The number of amides is 1. The summed E-state index contributed by atoms with van der Waals surface area (Å²) in [6, 6.07) is -0.0555. The third-order valence-corrected chi connectivity index (χ3v) is 5.36. The largest absolute Gasteiger partial charge is 0.417 e. The predicted octanol–water partition coefficient (Wildman–Crippen LogP) is 1.90. The first-order valence-electron chi connectivity index (χ1n) is 9.41. The summed E-state index contributed by atoms with van der Waals surface area (Å²) in [5.41, 5.74) is -1.47. The van der Waals surface area contributed by atoms with Gasteiger partial charge in [-0.05, 0) is 24.5 Å². The molecule has 2 aromatic heterocycles. The van der Waals surface area contributed by atoms with Crippen molar-refractivity contribution in [1.29, 1.82) is 0 Å². The fraction of sp³-hybridized carbons (Fsp3) is 0.556. The quantitative estimate of drug-likeness (QED) is 0.696. The van der Waals surface area contributed by atoms with Gasteiger partial charge >= 0.3 is 11.9 Å². The number of fused-ring (bicyclic) bond motifs is 1. The molecule has 4 rings (SSSR count). The van der Waals surface area contributed by atoms with Gasteiger partial charge in [-0.2, -0.15) is 18.3 Å². The van der Waals surface area contributed by atoms with E-state index in [0.717, 1.165) is 15.6 Å². The lowest BCUT2D eigenvalue weighted by Crippen LogP contribution is -2.42. The molecule has 0 bridgehead atoms. The van der Waals surface area contributed by atoms with E-state index in [0.29, 0.717) is 31.3 Å². The Morgan fingerprint density at radius 3 is 2.53 bits per heavy atom. The number of pyridine rings is 1. The van der Waals surface area contributed by atoms with Crippen LogP contribution in [0.25, 0.3) is 0 Å². The second-order valence-corrected chi connectivity index (χ2v) is 7.49. The van der Waals surface area contributed by atoms with Crippen molar-refractivity contribution in [2.75, 3.05) is 13.1 Å². The fourth-order valence-corrected chi connectivity index (χ4v) is 3.89. The first kappa shape index (κ1) is 20.5. The second-order valence-electron chi connectivity index (χ2n) is 7.49. The van der Waals surface area contributed by atoms with E-state index >= 15 is 0 Å². The summed E-state index contributed by atoms with van der Waals surface area (Å²) in [6.07, 6.45) is -4.94. The maximum atomic E-state index is 13.5. The van der Waals surface area contributed by atoms with Crippen LogP contribution in [-0.2, 0) is 23.9 Å². The Morgan fingerprint density at radius 1 is 1.17 bits per heavy atom. The Hall–Kier alpha value is -2.79. The van der Waals surface area contributed by atoms with Gasteiger partial charge in [0.05, 0.1) is 25.2 Å². The van der Waals surface area contributed by atoms with Crippen LogP contribution in [0.15, 0.2) is 23.3 Å². The summed E-state index contributed by atoms with van der Waals surface area (Å²) in [5.74, 6) is -0.238. The molecular formula is C18H18F5N5O2. The fourth-order valence-electron chi connectivity index (χ4n) is 3.89. The molecule has 3 atom stereocenters. The van der Waals surface area contributed by atoms with E-state index in [1.165, 1.54) is 10.8 Å². The molecule has 0 aliphatic carbocycles. The maximum Gasteiger partial charge on any atom is 0.417 e. The van der Waals surface area contributed by atoms with Crippen LogP contribution in [0.1, 0.15) is 35.8 Å². The molecule has 4 heterocycles. The topological polar surface area (TPSA) is 73.0 Å². The number of aromatic nitrogens is 4. The molecule has 30 heavy (non-hydrogen) atoms. The molecular weight excluding hydrogens is 413 g/mol. The van der Waals surface area contributed by atoms with E-state index in [1.807, 2.05) is 0 Å². The first-order valence-corrected chi connectivity index (χ1v) is 9.41. The molecule has 0 radical (unpaired) electrons. The zero-order chi connectivity index (χ0) is 21.6. The Bertz CT molecular complexity index is 1010. The highest BCUT2D eigenvalue weighted by atomic mass is 19.4. The van der Waals surface area contributed by atoms with Gasteiger partial charge in [0.15, 0.2) is 12.3 Å². The Morgan fingerprint density at radius 2 is 1.87 bits per heavy atom. The molecule has 162 valence electrons. The van der Waals surface area contributed by atoms with Gasteiger partial charge in [-0.1, -0.05) is 0 Å². The zero-order valence-corrected chi connectivity index (χ0v) is 15.6. The van der Waals surface area contributed by atoms with Crippen molar-refractivity contribution in [3.8, 4) is 0 Å². The number of hydrogen-bond donors (Lipinski definition) is 0. The van der Waals surface area contributed by atoms with Gasteiger partial charge in [0.25, 0.3) is 0 Å². The maximum absolute atomic E-state index is 13.5. The van der Waals surface area contributed by atoms with Crippen molar-refractivity contribution < 1.29 is 26.7 Å². The Kier molecular flexibility index (Phi) is 5.10. The molecule has 1 amide bonds. The third-order valence-electron chi connectivity index (χ3n) is 5.36. The summed E-state index contributed by atoms with van der Waals surface area (Å²) >= 11 is 0. The Labute approximate surface area is 167 Å². The summed E-state index contributed by atoms with van der Waals surface area (Å²) in [6.45, 7) is -0.991.